The molecule has 0 radical (unpaired) electrons. The average Bonchev–Trinajstić information content (AvgIpc) is 2.16. The van der Waals surface area contributed by atoms with E-state index < -0.39 is 13.9 Å². The largest absolute Gasteiger partial charge is 0.634 e. The van der Waals surface area contributed by atoms with Crippen molar-refractivity contribution < 1.29 is 28.2 Å². The summed E-state index contributed by atoms with van der Waals surface area (Å²) in [6, 6.07) is 5.66. The first-order valence-corrected chi connectivity index (χ1v) is 4.09. The van der Waals surface area contributed by atoms with Gasteiger partial charge < -0.3 is 19.4 Å². The Morgan fingerprint density at radius 2 is 1.80 bits per heavy atom. The number of alkyl halides is 2. The van der Waals surface area contributed by atoms with Gasteiger partial charge in [-0.15, -0.1) is 0 Å². The van der Waals surface area contributed by atoms with Crippen LogP contribution in [0.5, 0.6) is 5.75 Å². The Kier molecular flexibility index (Phi) is 4.48. The SMILES string of the molecule is OB(O)OCc1ccc(OC(F)F)cc1. The van der Waals surface area contributed by atoms with Crippen LogP contribution in [0.15, 0.2) is 24.3 Å². The van der Waals surface area contributed by atoms with Crippen molar-refractivity contribution in [2.45, 2.75) is 13.2 Å². The number of hydrogen-bond acceptors (Lipinski definition) is 4. The van der Waals surface area contributed by atoms with E-state index in [-0.39, 0.29) is 12.4 Å². The predicted octanol–water partition coefficient (Wildman–Crippen LogP) is 0.774. The molecule has 0 aliphatic heterocycles. The summed E-state index contributed by atoms with van der Waals surface area (Å²) in [6.07, 6.45) is 0. The van der Waals surface area contributed by atoms with E-state index in [1.54, 1.807) is 0 Å². The zero-order valence-corrected chi connectivity index (χ0v) is 7.64. The average molecular weight is 218 g/mol. The molecule has 1 rings (SSSR count). The normalized spacial score (nSPS) is 10.5. The lowest BCUT2D eigenvalue weighted by Crippen LogP contribution is -2.16. The Bertz CT molecular complexity index is 291. The minimum absolute atomic E-state index is 0.0212. The van der Waals surface area contributed by atoms with Gasteiger partial charge in [-0.2, -0.15) is 8.78 Å². The van der Waals surface area contributed by atoms with Crippen molar-refractivity contribution in [2.75, 3.05) is 0 Å². The second-order valence-corrected chi connectivity index (χ2v) is 2.66. The van der Waals surface area contributed by atoms with Crippen LogP contribution in [0.2, 0.25) is 0 Å². The number of rotatable bonds is 5. The zero-order valence-electron chi connectivity index (χ0n) is 7.64. The van der Waals surface area contributed by atoms with E-state index in [0.717, 1.165) is 0 Å². The standard InChI is InChI=1S/C8H9BF2O4/c10-8(11)15-7-3-1-6(2-4-7)5-14-9(12)13/h1-4,8,12-13H,5H2. The van der Waals surface area contributed by atoms with Gasteiger partial charge in [0.2, 0.25) is 0 Å². The summed E-state index contributed by atoms with van der Waals surface area (Å²) in [7, 11) is -1.85. The first kappa shape index (κ1) is 11.9. The lowest BCUT2D eigenvalue weighted by Gasteiger charge is -2.06. The van der Waals surface area contributed by atoms with Gasteiger partial charge >= 0.3 is 13.9 Å². The monoisotopic (exact) mass is 218 g/mol. The maximum atomic E-state index is 11.8. The van der Waals surface area contributed by atoms with E-state index in [4.69, 9.17) is 10.0 Å². The molecule has 0 unspecified atom stereocenters. The van der Waals surface area contributed by atoms with Crippen molar-refractivity contribution in [1.82, 2.24) is 0 Å². The van der Waals surface area contributed by atoms with Crippen LogP contribution >= 0.6 is 0 Å². The molecule has 15 heavy (non-hydrogen) atoms. The summed E-state index contributed by atoms with van der Waals surface area (Å²) >= 11 is 0. The van der Waals surface area contributed by atoms with Crippen molar-refractivity contribution in [3.63, 3.8) is 0 Å². The molecule has 0 amide bonds. The predicted molar refractivity (Wildman–Crippen MR) is 48.1 cm³/mol. The second kappa shape index (κ2) is 5.64. The Balaban J connectivity index is 2.49. The van der Waals surface area contributed by atoms with Gasteiger partial charge in [0.1, 0.15) is 5.75 Å². The Labute approximate surface area is 85.2 Å². The van der Waals surface area contributed by atoms with Crippen LogP contribution in [0, 0.1) is 0 Å². The number of benzene rings is 1. The maximum Gasteiger partial charge on any atom is 0.634 e. The molecule has 0 spiro atoms. The molecule has 0 fully saturated rings. The third-order valence-corrected chi connectivity index (χ3v) is 1.55. The first-order valence-electron chi connectivity index (χ1n) is 4.09. The smallest absolute Gasteiger partial charge is 0.435 e. The highest BCUT2D eigenvalue weighted by molar-refractivity contribution is 6.32. The molecule has 0 saturated carbocycles. The van der Waals surface area contributed by atoms with Crippen molar-refractivity contribution >= 4 is 7.32 Å². The molecule has 82 valence electrons. The molecule has 0 aliphatic carbocycles. The molecule has 0 saturated heterocycles. The van der Waals surface area contributed by atoms with E-state index in [9.17, 15) is 8.78 Å². The fourth-order valence-corrected chi connectivity index (χ4v) is 0.938. The summed E-state index contributed by atoms with van der Waals surface area (Å²) < 4.78 is 32.1. The molecule has 0 aromatic heterocycles. The fourth-order valence-electron chi connectivity index (χ4n) is 0.938. The van der Waals surface area contributed by atoms with Crippen LogP contribution in [-0.2, 0) is 11.3 Å². The van der Waals surface area contributed by atoms with Crippen LogP contribution in [0.25, 0.3) is 0 Å². The van der Waals surface area contributed by atoms with E-state index in [1.807, 2.05) is 0 Å². The van der Waals surface area contributed by atoms with E-state index >= 15 is 0 Å². The molecule has 0 atom stereocenters. The fraction of sp³-hybridized carbons (Fsp3) is 0.250. The van der Waals surface area contributed by atoms with Gasteiger partial charge in [-0.25, -0.2) is 0 Å². The van der Waals surface area contributed by atoms with Crippen molar-refractivity contribution in [3.8, 4) is 5.75 Å². The number of hydrogen-bond donors (Lipinski definition) is 2. The van der Waals surface area contributed by atoms with Crippen molar-refractivity contribution in [2.24, 2.45) is 0 Å². The van der Waals surface area contributed by atoms with Gasteiger partial charge in [0.25, 0.3) is 0 Å². The van der Waals surface area contributed by atoms with E-state index in [2.05, 4.69) is 9.39 Å². The molecule has 0 bridgehead atoms. The van der Waals surface area contributed by atoms with Gasteiger partial charge in [-0.1, -0.05) is 12.1 Å². The molecule has 2 N–H and O–H groups in total. The summed E-state index contributed by atoms with van der Waals surface area (Å²) in [5.41, 5.74) is 0.615. The van der Waals surface area contributed by atoms with Gasteiger partial charge in [-0.3, -0.25) is 0 Å². The van der Waals surface area contributed by atoms with Crippen LogP contribution in [-0.4, -0.2) is 24.0 Å². The molecule has 1 aromatic carbocycles. The highest BCUT2D eigenvalue weighted by atomic mass is 19.3. The van der Waals surface area contributed by atoms with Crippen molar-refractivity contribution in [3.05, 3.63) is 29.8 Å². The Morgan fingerprint density at radius 3 is 2.27 bits per heavy atom. The molecule has 0 heterocycles. The van der Waals surface area contributed by atoms with E-state index in [0.29, 0.717) is 5.56 Å². The summed E-state index contributed by atoms with van der Waals surface area (Å²) in [6.45, 7) is -2.88. The van der Waals surface area contributed by atoms with Gasteiger partial charge in [0, 0.05) is 0 Å². The van der Waals surface area contributed by atoms with Gasteiger partial charge in [0.15, 0.2) is 0 Å². The molecular weight excluding hydrogens is 209 g/mol. The van der Waals surface area contributed by atoms with Crippen LogP contribution in [0.3, 0.4) is 0 Å². The summed E-state index contributed by atoms with van der Waals surface area (Å²) in [5, 5.41) is 16.8. The highest BCUT2D eigenvalue weighted by Gasteiger charge is 2.08. The highest BCUT2D eigenvalue weighted by Crippen LogP contribution is 2.15. The first-order chi connectivity index (χ1) is 7.08. The third kappa shape index (κ3) is 4.73. The van der Waals surface area contributed by atoms with Crippen LogP contribution in [0.4, 0.5) is 8.78 Å². The third-order valence-electron chi connectivity index (χ3n) is 1.55. The van der Waals surface area contributed by atoms with Crippen LogP contribution in [0.1, 0.15) is 5.56 Å². The minimum Gasteiger partial charge on any atom is -0.435 e. The molecule has 0 aliphatic rings. The van der Waals surface area contributed by atoms with Crippen molar-refractivity contribution in [1.29, 1.82) is 0 Å². The number of ether oxygens (including phenoxy) is 1. The summed E-state index contributed by atoms with van der Waals surface area (Å²) in [4.78, 5) is 0. The summed E-state index contributed by atoms with van der Waals surface area (Å²) in [5.74, 6) is 0.0401. The Morgan fingerprint density at radius 1 is 1.20 bits per heavy atom. The molecule has 7 heteroatoms. The quantitative estimate of drug-likeness (QED) is 0.716. The number of halogens is 2. The van der Waals surface area contributed by atoms with Crippen LogP contribution < -0.4 is 4.74 Å². The minimum atomic E-state index is -2.86. The maximum absolute atomic E-state index is 11.8. The van der Waals surface area contributed by atoms with E-state index in [1.165, 1.54) is 24.3 Å². The second-order valence-electron chi connectivity index (χ2n) is 2.66. The molecule has 1 aromatic rings. The molecular formula is C8H9BF2O4. The lowest BCUT2D eigenvalue weighted by atomic mass is 10.2. The topological polar surface area (TPSA) is 58.9 Å². The van der Waals surface area contributed by atoms with Gasteiger partial charge in [-0.05, 0) is 17.7 Å². The lowest BCUT2D eigenvalue weighted by molar-refractivity contribution is -0.0498. The van der Waals surface area contributed by atoms with Gasteiger partial charge in [0.05, 0.1) is 6.61 Å². The Hall–Kier alpha value is -1.18. The zero-order chi connectivity index (χ0) is 11.3. The molecule has 4 nitrogen and oxygen atoms in total.